The van der Waals surface area contributed by atoms with Gasteiger partial charge in [0, 0.05) is 13.6 Å². The summed E-state index contributed by atoms with van der Waals surface area (Å²) >= 11 is 0. The van der Waals surface area contributed by atoms with E-state index in [9.17, 15) is 13.5 Å². The molecule has 6 nitrogen and oxygen atoms in total. The predicted molar refractivity (Wildman–Crippen MR) is 65.7 cm³/mol. The molecule has 1 unspecified atom stereocenters. The van der Waals surface area contributed by atoms with E-state index in [0.717, 1.165) is 4.31 Å². The van der Waals surface area contributed by atoms with E-state index in [-0.39, 0.29) is 11.4 Å². The van der Waals surface area contributed by atoms with E-state index < -0.39 is 16.1 Å². The zero-order valence-electron chi connectivity index (χ0n) is 9.79. The SMILES string of the molecule is CC(O)CN(C)S(=O)(=O)c1ccccc1NN. The van der Waals surface area contributed by atoms with E-state index in [1.54, 1.807) is 18.2 Å². The maximum Gasteiger partial charge on any atom is 0.245 e. The van der Waals surface area contributed by atoms with E-state index in [4.69, 9.17) is 5.84 Å². The number of aliphatic hydroxyl groups is 1. The minimum Gasteiger partial charge on any atom is -0.392 e. The molecule has 0 heterocycles. The molecule has 1 aromatic rings. The first-order chi connectivity index (χ1) is 7.89. The molecule has 1 atom stereocenters. The molecular weight excluding hydrogens is 242 g/mol. The fraction of sp³-hybridized carbons (Fsp3) is 0.400. The van der Waals surface area contributed by atoms with Gasteiger partial charge in [0.15, 0.2) is 0 Å². The molecule has 0 radical (unpaired) electrons. The molecule has 0 fully saturated rings. The molecule has 1 aromatic carbocycles. The molecule has 0 aliphatic carbocycles. The van der Waals surface area contributed by atoms with Crippen molar-refractivity contribution >= 4 is 15.7 Å². The first-order valence-electron chi connectivity index (χ1n) is 5.09. The Hall–Kier alpha value is -1.15. The summed E-state index contributed by atoms with van der Waals surface area (Å²) in [5.41, 5.74) is 2.67. The number of hydrogen-bond acceptors (Lipinski definition) is 5. The maximum atomic E-state index is 12.2. The second kappa shape index (κ2) is 5.46. The summed E-state index contributed by atoms with van der Waals surface area (Å²) in [7, 11) is -2.23. The first kappa shape index (κ1) is 13.9. The van der Waals surface area contributed by atoms with Crippen LogP contribution in [0.1, 0.15) is 6.92 Å². The van der Waals surface area contributed by atoms with Crippen LogP contribution in [0.3, 0.4) is 0 Å². The lowest BCUT2D eigenvalue weighted by atomic mass is 10.3. The Bertz CT molecular complexity index is 473. The van der Waals surface area contributed by atoms with Gasteiger partial charge in [-0.2, -0.15) is 4.31 Å². The van der Waals surface area contributed by atoms with Gasteiger partial charge < -0.3 is 10.5 Å². The minimum absolute atomic E-state index is 0.0290. The van der Waals surface area contributed by atoms with E-state index in [2.05, 4.69) is 5.43 Å². The summed E-state index contributed by atoms with van der Waals surface area (Å²) in [6.45, 7) is 1.56. The molecule has 17 heavy (non-hydrogen) atoms. The molecule has 7 heteroatoms. The molecule has 0 spiro atoms. The van der Waals surface area contributed by atoms with Crippen molar-refractivity contribution in [3.8, 4) is 0 Å². The van der Waals surface area contributed by atoms with Crippen molar-refractivity contribution in [1.82, 2.24) is 4.31 Å². The predicted octanol–water partition coefficient (Wildman–Crippen LogP) is -0.0265. The van der Waals surface area contributed by atoms with E-state index in [1.807, 2.05) is 0 Å². The van der Waals surface area contributed by atoms with Crippen LogP contribution in [0.2, 0.25) is 0 Å². The van der Waals surface area contributed by atoms with E-state index in [0.29, 0.717) is 5.69 Å². The number of aliphatic hydroxyl groups excluding tert-OH is 1. The van der Waals surface area contributed by atoms with Crippen LogP contribution in [0, 0.1) is 0 Å². The molecule has 0 amide bonds. The number of likely N-dealkylation sites (N-methyl/N-ethyl adjacent to an activating group) is 1. The maximum absolute atomic E-state index is 12.2. The Morgan fingerprint density at radius 3 is 2.59 bits per heavy atom. The Morgan fingerprint density at radius 1 is 1.47 bits per heavy atom. The molecule has 96 valence electrons. The number of para-hydroxylation sites is 1. The van der Waals surface area contributed by atoms with Crippen LogP contribution >= 0.6 is 0 Å². The van der Waals surface area contributed by atoms with Crippen molar-refractivity contribution in [2.45, 2.75) is 17.9 Å². The van der Waals surface area contributed by atoms with Crippen molar-refractivity contribution < 1.29 is 13.5 Å². The van der Waals surface area contributed by atoms with E-state index >= 15 is 0 Å². The lowest BCUT2D eigenvalue weighted by molar-refractivity contribution is 0.171. The van der Waals surface area contributed by atoms with Crippen LogP contribution < -0.4 is 11.3 Å². The van der Waals surface area contributed by atoms with Gasteiger partial charge in [0.05, 0.1) is 11.8 Å². The zero-order valence-corrected chi connectivity index (χ0v) is 10.6. The molecule has 1 rings (SSSR count). The van der Waals surface area contributed by atoms with Crippen molar-refractivity contribution in [2.75, 3.05) is 19.0 Å². The van der Waals surface area contributed by atoms with Crippen molar-refractivity contribution in [3.05, 3.63) is 24.3 Å². The zero-order chi connectivity index (χ0) is 13.1. The Balaban J connectivity index is 3.13. The highest BCUT2D eigenvalue weighted by Gasteiger charge is 2.24. The molecule has 0 aromatic heterocycles. The summed E-state index contributed by atoms with van der Waals surface area (Å²) in [6, 6.07) is 6.33. The van der Waals surface area contributed by atoms with Crippen LogP contribution in [0.25, 0.3) is 0 Å². The lowest BCUT2D eigenvalue weighted by Crippen LogP contribution is -2.33. The number of sulfonamides is 1. The smallest absolute Gasteiger partial charge is 0.245 e. The minimum atomic E-state index is -3.65. The highest BCUT2D eigenvalue weighted by Crippen LogP contribution is 2.22. The Labute approximate surface area is 101 Å². The lowest BCUT2D eigenvalue weighted by Gasteiger charge is -2.20. The largest absolute Gasteiger partial charge is 0.392 e. The fourth-order valence-electron chi connectivity index (χ4n) is 1.45. The third-order valence-electron chi connectivity index (χ3n) is 2.25. The number of nitrogen functional groups attached to an aromatic ring is 1. The highest BCUT2D eigenvalue weighted by molar-refractivity contribution is 7.89. The van der Waals surface area contributed by atoms with Gasteiger partial charge in [0.25, 0.3) is 0 Å². The number of hydrazine groups is 1. The normalized spacial score (nSPS) is 13.7. The van der Waals surface area contributed by atoms with Crippen molar-refractivity contribution in [2.24, 2.45) is 5.84 Å². The number of benzene rings is 1. The topological polar surface area (TPSA) is 95.7 Å². The fourth-order valence-corrected chi connectivity index (χ4v) is 2.85. The van der Waals surface area contributed by atoms with E-state index in [1.165, 1.54) is 20.0 Å². The number of nitrogens with zero attached hydrogens (tertiary/aromatic N) is 1. The molecule has 0 saturated carbocycles. The van der Waals surface area contributed by atoms with Gasteiger partial charge in [-0.25, -0.2) is 8.42 Å². The van der Waals surface area contributed by atoms with Gasteiger partial charge in [-0.3, -0.25) is 5.84 Å². The number of hydrogen-bond donors (Lipinski definition) is 3. The molecule has 0 saturated heterocycles. The second-order valence-electron chi connectivity index (χ2n) is 3.78. The second-order valence-corrected chi connectivity index (χ2v) is 5.79. The van der Waals surface area contributed by atoms with Crippen LogP contribution in [0.15, 0.2) is 29.2 Å². The number of nitrogens with two attached hydrogens (primary N) is 1. The quantitative estimate of drug-likeness (QED) is 0.510. The van der Waals surface area contributed by atoms with Crippen LogP contribution in [-0.4, -0.2) is 37.5 Å². The Morgan fingerprint density at radius 2 is 2.06 bits per heavy atom. The number of anilines is 1. The summed E-state index contributed by atoms with van der Waals surface area (Å²) in [5, 5.41) is 9.21. The van der Waals surface area contributed by atoms with Gasteiger partial charge >= 0.3 is 0 Å². The summed E-state index contributed by atoms with van der Waals surface area (Å²) in [6.07, 6.45) is -0.729. The molecular formula is C10H17N3O3S. The summed E-state index contributed by atoms with van der Waals surface area (Å²) < 4.78 is 25.4. The van der Waals surface area contributed by atoms with Gasteiger partial charge in [0.2, 0.25) is 10.0 Å². The van der Waals surface area contributed by atoms with Gasteiger partial charge in [0.1, 0.15) is 4.90 Å². The summed E-state index contributed by atoms with van der Waals surface area (Å²) in [5.74, 6) is 5.27. The number of nitrogens with one attached hydrogen (secondary N) is 1. The Kier molecular flexibility index (Phi) is 4.47. The molecule has 0 bridgehead atoms. The first-order valence-corrected chi connectivity index (χ1v) is 6.53. The number of rotatable bonds is 5. The summed E-state index contributed by atoms with van der Waals surface area (Å²) in [4.78, 5) is 0.0886. The third-order valence-corrected chi connectivity index (χ3v) is 4.13. The monoisotopic (exact) mass is 259 g/mol. The van der Waals surface area contributed by atoms with Crippen LogP contribution in [-0.2, 0) is 10.0 Å². The van der Waals surface area contributed by atoms with Crippen LogP contribution in [0.5, 0.6) is 0 Å². The molecule has 0 aliphatic heterocycles. The average molecular weight is 259 g/mol. The average Bonchev–Trinajstić information content (AvgIpc) is 2.28. The van der Waals surface area contributed by atoms with Crippen LogP contribution in [0.4, 0.5) is 5.69 Å². The highest BCUT2D eigenvalue weighted by atomic mass is 32.2. The van der Waals surface area contributed by atoms with Gasteiger partial charge in [-0.15, -0.1) is 0 Å². The standard InChI is InChI=1S/C10H17N3O3S/c1-8(14)7-13(2)17(15,16)10-6-4-3-5-9(10)12-11/h3-6,8,12,14H,7,11H2,1-2H3. The molecule has 0 aliphatic rings. The van der Waals surface area contributed by atoms with Gasteiger partial charge in [-0.05, 0) is 19.1 Å². The van der Waals surface area contributed by atoms with Crippen molar-refractivity contribution in [3.63, 3.8) is 0 Å². The molecule has 4 N–H and O–H groups in total. The van der Waals surface area contributed by atoms with Gasteiger partial charge in [-0.1, -0.05) is 12.1 Å². The van der Waals surface area contributed by atoms with Crippen molar-refractivity contribution in [1.29, 1.82) is 0 Å². The third kappa shape index (κ3) is 3.16.